The molecule has 1 saturated heterocycles. The summed E-state index contributed by atoms with van der Waals surface area (Å²) in [4.78, 5) is 13.3. The fourth-order valence-corrected chi connectivity index (χ4v) is 3.29. The Labute approximate surface area is 103 Å². The molecule has 0 radical (unpaired) electrons. The third-order valence-corrected chi connectivity index (χ3v) is 4.06. The smallest absolute Gasteiger partial charge is 0.233 e. The van der Waals surface area contributed by atoms with Crippen LogP contribution < -0.4 is 0 Å². The number of rotatable bonds is 3. The third kappa shape index (κ3) is 2.19. The van der Waals surface area contributed by atoms with Gasteiger partial charge in [0.15, 0.2) is 0 Å². The van der Waals surface area contributed by atoms with E-state index in [-0.39, 0.29) is 17.9 Å². The number of aliphatic hydroxyl groups is 1. The minimum atomic E-state index is -0.0617. The zero-order valence-electron chi connectivity index (χ0n) is 8.60. The Morgan fingerprint density at radius 3 is 2.94 bits per heavy atom. The highest BCUT2D eigenvalue weighted by atomic mass is 35.5. The maximum atomic E-state index is 11.6. The Morgan fingerprint density at radius 1 is 1.50 bits per heavy atom. The summed E-state index contributed by atoms with van der Waals surface area (Å²) in [5.74, 6) is 0.513. The topological polar surface area (TPSA) is 40.5 Å². The van der Waals surface area contributed by atoms with E-state index >= 15 is 0 Å². The first kappa shape index (κ1) is 11.8. The first-order chi connectivity index (χ1) is 7.74. The van der Waals surface area contributed by atoms with E-state index in [4.69, 9.17) is 16.7 Å². The number of benzene rings is 1. The van der Waals surface area contributed by atoms with Crippen LogP contribution in [0.4, 0.5) is 0 Å². The standard InChI is InChI=1S/C11H12ClNO2S/c12-9-4-2-1-3-8(9)11-13(5-6-14)10(15)7-16-11/h1-4,11,14H,5-7H2/t11-/m0/s1. The molecule has 0 aliphatic carbocycles. The molecular weight excluding hydrogens is 246 g/mol. The van der Waals surface area contributed by atoms with E-state index in [0.717, 1.165) is 5.56 Å². The van der Waals surface area contributed by atoms with E-state index in [1.807, 2.05) is 24.3 Å². The van der Waals surface area contributed by atoms with Gasteiger partial charge in [-0.05, 0) is 6.07 Å². The normalized spacial score (nSPS) is 20.5. The molecule has 0 unspecified atom stereocenters. The molecule has 0 spiro atoms. The van der Waals surface area contributed by atoms with Crippen molar-refractivity contribution in [2.75, 3.05) is 18.9 Å². The summed E-state index contributed by atoms with van der Waals surface area (Å²) in [6.45, 7) is 0.342. The van der Waals surface area contributed by atoms with Crippen molar-refractivity contribution in [1.29, 1.82) is 0 Å². The molecule has 1 atom stereocenters. The zero-order chi connectivity index (χ0) is 11.5. The van der Waals surface area contributed by atoms with Crippen molar-refractivity contribution >= 4 is 29.3 Å². The van der Waals surface area contributed by atoms with Crippen molar-refractivity contribution in [3.63, 3.8) is 0 Å². The van der Waals surface area contributed by atoms with Gasteiger partial charge in [-0.25, -0.2) is 0 Å². The van der Waals surface area contributed by atoms with Crippen LogP contribution in [0.2, 0.25) is 5.02 Å². The van der Waals surface area contributed by atoms with Gasteiger partial charge < -0.3 is 10.0 Å². The number of halogens is 1. The van der Waals surface area contributed by atoms with Gasteiger partial charge in [0.25, 0.3) is 0 Å². The summed E-state index contributed by atoms with van der Waals surface area (Å²) in [5, 5.41) is 9.55. The number of hydrogen-bond acceptors (Lipinski definition) is 3. The number of hydrogen-bond donors (Lipinski definition) is 1. The molecule has 86 valence electrons. The van der Waals surface area contributed by atoms with Crippen molar-refractivity contribution in [2.45, 2.75) is 5.37 Å². The summed E-state index contributed by atoms with van der Waals surface area (Å²) < 4.78 is 0. The second kappa shape index (κ2) is 5.08. The minimum absolute atomic E-state index is 0.0206. The number of thioether (sulfide) groups is 1. The summed E-state index contributed by atoms with van der Waals surface area (Å²) in [6.07, 6.45) is 0. The van der Waals surface area contributed by atoms with Crippen LogP contribution in [0.5, 0.6) is 0 Å². The molecule has 1 aliphatic heterocycles. The van der Waals surface area contributed by atoms with Gasteiger partial charge in [-0.2, -0.15) is 0 Å². The summed E-state index contributed by atoms with van der Waals surface area (Å²) >= 11 is 7.65. The van der Waals surface area contributed by atoms with E-state index in [9.17, 15) is 4.79 Å². The van der Waals surface area contributed by atoms with Crippen LogP contribution >= 0.6 is 23.4 Å². The molecule has 2 rings (SSSR count). The number of aliphatic hydroxyl groups excluding tert-OH is 1. The van der Waals surface area contributed by atoms with Gasteiger partial charge in [-0.15, -0.1) is 11.8 Å². The average Bonchev–Trinajstić information content (AvgIpc) is 2.62. The van der Waals surface area contributed by atoms with Crippen molar-refractivity contribution < 1.29 is 9.90 Å². The Hall–Kier alpha value is -0.710. The Balaban J connectivity index is 2.27. The van der Waals surface area contributed by atoms with Crippen LogP contribution in [0.25, 0.3) is 0 Å². The molecule has 1 fully saturated rings. The second-order valence-corrected chi connectivity index (χ2v) is 4.97. The first-order valence-electron chi connectivity index (χ1n) is 5.00. The molecule has 1 heterocycles. The number of amides is 1. The number of nitrogens with zero attached hydrogens (tertiary/aromatic N) is 1. The largest absolute Gasteiger partial charge is 0.395 e. The van der Waals surface area contributed by atoms with Gasteiger partial charge in [-0.1, -0.05) is 29.8 Å². The van der Waals surface area contributed by atoms with Crippen LogP contribution in [-0.2, 0) is 4.79 Å². The predicted octanol–water partition coefficient (Wildman–Crippen LogP) is 1.91. The maximum Gasteiger partial charge on any atom is 0.233 e. The summed E-state index contributed by atoms with van der Waals surface area (Å²) in [5.41, 5.74) is 0.938. The molecule has 1 aliphatic rings. The van der Waals surface area contributed by atoms with Crippen molar-refractivity contribution in [1.82, 2.24) is 4.90 Å². The molecule has 3 nitrogen and oxygen atoms in total. The highest BCUT2D eigenvalue weighted by Gasteiger charge is 2.33. The number of carbonyl (C=O) groups is 1. The average molecular weight is 258 g/mol. The molecular formula is C11H12ClNO2S. The van der Waals surface area contributed by atoms with Gasteiger partial charge in [0.1, 0.15) is 5.37 Å². The number of β-amino-alcohol motifs (C(OH)–C–C–N with tert-alkyl or cyclic N) is 1. The van der Waals surface area contributed by atoms with Gasteiger partial charge in [-0.3, -0.25) is 4.79 Å². The summed E-state index contributed by atoms with van der Waals surface area (Å²) in [6, 6.07) is 7.51. The maximum absolute atomic E-state index is 11.6. The van der Waals surface area contributed by atoms with Crippen LogP contribution in [0.1, 0.15) is 10.9 Å². The Morgan fingerprint density at radius 2 is 2.25 bits per heavy atom. The quantitative estimate of drug-likeness (QED) is 0.899. The monoisotopic (exact) mass is 257 g/mol. The Kier molecular flexibility index (Phi) is 3.74. The van der Waals surface area contributed by atoms with E-state index < -0.39 is 0 Å². The van der Waals surface area contributed by atoms with Gasteiger partial charge in [0, 0.05) is 17.1 Å². The lowest BCUT2D eigenvalue weighted by Crippen LogP contribution is -2.31. The van der Waals surface area contributed by atoms with Gasteiger partial charge in [0.2, 0.25) is 5.91 Å². The highest BCUT2D eigenvalue weighted by molar-refractivity contribution is 8.00. The van der Waals surface area contributed by atoms with Crippen molar-refractivity contribution in [3.8, 4) is 0 Å². The van der Waals surface area contributed by atoms with Crippen LogP contribution in [0.3, 0.4) is 0 Å². The lowest BCUT2D eigenvalue weighted by Gasteiger charge is -2.23. The van der Waals surface area contributed by atoms with Crippen molar-refractivity contribution in [2.24, 2.45) is 0 Å². The van der Waals surface area contributed by atoms with E-state index in [1.54, 1.807) is 16.7 Å². The van der Waals surface area contributed by atoms with E-state index in [1.165, 1.54) is 0 Å². The van der Waals surface area contributed by atoms with Gasteiger partial charge in [0.05, 0.1) is 12.4 Å². The predicted molar refractivity (Wildman–Crippen MR) is 65.4 cm³/mol. The molecule has 16 heavy (non-hydrogen) atoms. The fourth-order valence-electron chi connectivity index (χ4n) is 1.74. The number of carbonyl (C=O) groups excluding carboxylic acids is 1. The van der Waals surface area contributed by atoms with Gasteiger partial charge >= 0.3 is 0 Å². The third-order valence-electron chi connectivity index (χ3n) is 2.48. The molecule has 0 saturated carbocycles. The molecule has 1 aromatic carbocycles. The Bertz CT molecular complexity index is 399. The molecule has 0 aromatic heterocycles. The van der Waals surface area contributed by atoms with Crippen LogP contribution in [-0.4, -0.2) is 34.8 Å². The SMILES string of the molecule is O=C1CS[C@@H](c2ccccc2Cl)N1CCO. The second-order valence-electron chi connectivity index (χ2n) is 3.50. The summed E-state index contributed by atoms with van der Waals surface area (Å²) in [7, 11) is 0. The molecule has 5 heteroatoms. The highest BCUT2D eigenvalue weighted by Crippen LogP contribution is 2.40. The fraction of sp³-hybridized carbons (Fsp3) is 0.364. The van der Waals surface area contributed by atoms with Crippen LogP contribution in [0, 0.1) is 0 Å². The molecule has 1 amide bonds. The minimum Gasteiger partial charge on any atom is -0.395 e. The van der Waals surface area contributed by atoms with Crippen LogP contribution in [0.15, 0.2) is 24.3 Å². The lowest BCUT2D eigenvalue weighted by atomic mass is 10.2. The zero-order valence-corrected chi connectivity index (χ0v) is 10.2. The molecule has 0 bridgehead atoms. The molecule has 1 aromatic rings. The van der Waals surface area contributed by atoms with E-state index in [0.29, 0.717) is 17.3 Å². The lowest BCUT2D eigenvalue weighted by molar-refractivity contribution is -0.128. The first-order valence-corrected chi connectivity index (χ1v) is 6.43. The van der Waals surface area contributed by atoms with E-state index in [2.05, 4.69) is 0 Å². The van der Waals surface area contributed by atoms with Crippen molar-refractivity contribution in [3.05, 3.63) is 34.9 Å². The molecule has 1 N–H and O–H groups in total.